The molecule has 0 aromatic heterocycles. The first kappa shape index (κ1) is 8.24. The zero-order valence-electron chi connectivity index (χ0n) is 6.75. The van der Waals surface area contributed by atoms with E-state index in [9.17, 15) is 0 Å². The molecule has 2 nitrogen and oxygen atoms in total. The molecule has 0 bridgehead atoms. The van der Waals surface area contributed by atoms with Crippen LogP contribution in [0.15, 0.2) is 24.3 Å². The van der Waals surface area contributed by atoms with E-state index in [1.807, 2.05) is 25.1 Å². The first-order valence-corrected chi connectivity index (χ1v) is 3.76. The number of rotatable bonds is 2. The van der Waals surface area contributed by atoms with Crippen LogP contribution >= 0.6 is 0 Å². The fourth-order valence-corrected chi connectivity index (χ4v) is 1.04. The lowest BCUT2D eigenvalue weighted by atomic mass is 10.1. The smallest absolute Gasteiger partial charge is 0.0419 e. The van der Waals surface area contributed by atoms with Gasteiger partial charge in [0.25, 0.3) is 0 Å². The Morgan fingerprint density at radius 3 is 2.73 bits per heavy atom. The van der Waals surface area contributed by atoms with E-state index < -0.39 is 0 Å². The van der Waals surface area contributed by atoms with E-state index in [0.29, 0.717) is 6.54 Å². The predicted octanol–water partition coefficient (Wildman–Crippen LogP) is 0.954. The monoisotopic (exact) mass is 150 g/mol. The van der Waals surface area contributed by atoms with Crippen LogP contribution in [-0.2, 0) is 0 Å². The van der Waals surface area contributed by atoms with Gasteiger partial charge in [0.1, 0.15) is 0 Å². The van der Waals surface area contributed by atoms with Crippen molar-refractivity contribution in [3.8, 4) is 0 Å². The number of aryl methyl sites for hydroxylation is 1. The summed E-state index contributed by atoms with van der Waals surface area (Å²) < 4.78 is 0. The van der Waals surface area contributed by atoms with Crippen molar-refractivity contribution in [1.29, 1.82) is 0 Å². The molecule has 1 aromatic rings. The maximum absolute atomic E-state index is 5.74. The van der Waals surface area contributed by atoms with Crippen molar-refractivity contribution < 1.29 is 0 Å². The summed E-state index contributed by atoms with van der Waals surface area (Å²) in [5.41, 5.74) is 13.5. The van der Waals surface area contributed by atoms with E-state index in [2.05, 4.69) is 6.07 Å². The molecule has 0 unspecified atom stereocenters. The fraction of sp³-hybridized carbons (Fsp3) is 0.333. The first-order valence-electron chi connectivity index (χ1n) is 3.76. The number of benzene rings is 1. The first-order chi connectivity index (χ1) is 5.24. The fourth-order valence-electron chi connectivity index (χ4n) is 1.04. The third-order valence-corrected chi connectivity index (χ3v) is 1.72. The molecule has 0 saturated heterocycles. The lowest BCUT2D eigenvalue weighted by Gasteiger charge is -2.08. The molecule has 4 N–H and O–H groups in total. The van der Waals surface area contributed by atoms with Crippen LogP contribution in [0.5, 0.6) is 0 Å². The Bertz CT molecular complexity index is 233. The second kappa shape index (κ2) is 3.51. The van der Waals surface area contributed by atoms with Gasteiger partial charge < -0.3 is 11.5 Å². The van der Waals surface area contributed by atoms with E-state index in [0.717, 1.165) is 5.56 Å². The molecule has 11 heavy (non-hydrogen) atoms. The van der Waals surface area contributed by atoms with E-state index in [1.54, 1.807) is 0 Å². The Labute approximate surface area is 67.2 Å². The number of nitrogens with two attached hydrogens (primary N) is 2. The van der Waals surface area contributed by atoms with Crippen molar-refractivity contribution in [1.82, 2.24) is 0 Å². The van der Waals surface area contributed by atoms with Gasteiger partial charge in [-0.05, 0) is 12.5 Å². The Balaban J connectivity index is 2.86. The zero-order valence-corrected chi connectivity index (χ0v) is 6.75. The molecule has 0 spiro atoms. The molecule has 0 heterocycles. The Hall–Kier alpha value is -0.860. The summed E-state index contributed by atoms with van der Waals surface area (Å²) in [6.07, 6.45) is 0. The summed E-state index contributed by atoms with van der Waals surface area (Å²) in [4.78, 5) is 0. The maximum atomic E-state index is 5.74. The Kier molecular flexibility index (Phi) is 2.63. The molecule has 0 amide bonds. The lowest BCUT2D eigenvalue weighted by Crippen LogP contribution is -2.20. The van der Waals surface area contributed by atoms with Gasteiger partial charge in [-0.25, -0.2) is 0 Å². The summed E-state index contributed by atoms with van der Waals surface area (Å²) in [6, 6.07) is 8.10. The van der Waals surface area contributed by atoms with Crippen molar-refractivity contribution >= 4 is 0 Å². The van der Waals surface area contributed by atoms with Crippen LogP contribution in [0.1, 0.15) is 17.2 Å². The van der Waals surface area contributed by atoms with Crippen molar-refractivity contribution in [2.75, 3.05) is 6.54 Å². The Morgan fingerprint density at radius 2 is 2.18 bits per heavy atom. The third kappa shape index (κ3) is 2.03. The molecular formula is C9H14N2. The highest BCUT2D eigenvalue weighted by Gasteiger charge is 2.01. The van der Waals surface area contributed by atoms with E-state index in [-0.39, 0.29) is 6.04 Å². The quantitative estimate of drug-likeness (QED) is 0.659. The van der Waals surface area contributed by atoms with Crippen LogP contribution in [0.4, 0.5) is 0 Å². The van der Waals surface area contributed by atoms with Gasteiger partial charge in [-0.1, -0.05) is 29.8 Å². The van der Waals surface area contributed by atoms with Crippen molar-refractivity contribution in [2.24, 2.45) is 11.5 Å². The van der Waals surface area contributed by atoms with Gasteiger partial charge in [0.15, 0.2) is 0 Å². The lowest BCUT2D eigenvalue weighted by molar-refractivity contribution is 0.736. The summed E-state index contributed by atoms with van der Waals surface area (Å²) in [5.74, 6) is 0. The zero-order chi connectivity index (χ0) is 8.27. The van der Waals surface area contributed by atoms with Gasteiger partial charge in [0.05, 0.1) is 0 Å². The molecule has 60 valence electrons. The van der Waals surface area contributed by atoms with Gasteiger partial charge >= 0.3 is 0 Å². The molecule has 1 rings (SSSR count). The molecule has 0 aliphatic heterocycles. The summed E-state index contributed by atoms with van der Waals surface area (Å²) in [6.45, 7) is 2.55. The average Bonchev–Trinajstić information content (AvgIpc) is 2.03. The van der Waals surface area contributed by atoms with Gasteiger partial charge in [-0.3, -0.25) is 0 Å². The molecule has 0 fully saturated rings. The van der Waals surface area contributed by atoms with Gasteiger partial charge in [-0.2, -0.15) is 0 Å². The standard InChI is InChI=1S/C9H14N2/c1-7-3-2-4-8(5-7)9(11)6-10/h2-5,9H,6,10-11H2,1H3/t9-/m0/s1. The van der Waals surface area contributed by atoms with Crippen LogP contribution in [-0.4, -0.2) is 6.54 Å². The second-order valence-corrected chi connectivity index (χ2v) is 2.76. The highest BCUT2D eigenvalue weighted by atomic mass is 14.7. The van der Waals surface area contributed by atoms with Gasteiger partial charge in [0, 0.05) is 12.6 Å². The van der Waals surface area contributed by atoms with Crippen LogP contribution in [0.2, 0.25) is 0 Å². The highest BCUT2D eigenvalue weighted by Crippen LogP contribution is 2.10. The number of hydrogen-bond donors (Lipinski definition) is 2. The molecule has 0 aliphatic carbocycles. The van der Waals surface area contributed by atoms with Crippen LogP contribution in [0, 0.1) is 6.92 Å². The third-order valence-electron chi connectivity index (χ3n) is 1.72. The molecule has 0 radical (unpaired) electrons. The van der Waals surface area contributed by atoms with Crippen LogP contribution in [0.3, 0.4) is 0 Å². The predicted molar refractivity (Wildman–Crippen MR) is 47.2 cm³/mol. The van der Waals surface area contributed by atoms with Crippen molar-refractivity contribution in [2.45, 2.75) is 13.0 Å². The van der Waals surface area contributed by atoms with Crippen LogP contribution in [0.25, 0.3) is 0 Å². The minimum absolute atomic E-state index is 0.0186. The summed E-state index contributed by atoms with van der Waals surface area (Å²) in [7, 11) is 0. The largest absolute Gasteiger partial charge is 0.329 e. The topological polar surface area (TPSA) is 52.0 Å². The normalized spacial score (nSPS) is 13.0. The van der Waals surface area contributed by atoms with E-state index in [1.165, 1.54) is 5.56 Å². The minimum Gasteiger partial charge on any atom is -0.329 e. The SMILES string of the molecule is Cc1cccc([C@@H](N)CN)c1. The molecule has 1 aromatic carbocycles. The van der Waals surface area contributed by atoms with Gasteiger partial charge in [-0.15, -0.1) is 0 Å². The molecule has 1 atom stereocenters. The highest BCUT2D eigenvalue weighted by molar-refractivity contribution is 5.24. The molecule has 0 saturated carbocycles. The summed E-state index contributed by atoms with van der Waals surface area (Å²) in [5, 5.41) is 0. The summed E-state index contributed by atoms with van der Waals surface area (Å²) >= 11 is 0. The van der Waals surface area contributed by atoms with Gasteiger partial charge in [0.2, 0.25) is 0 Å². The molecular weight excluding hydrogens is 136 g/mol. The Morgan fingerprint density at radius 1 is 1.45 bits per heavy atom. The minimum atomic E-state index is -0.0186. The maximum Gasteiger partial charge on any atom is 0.0419 e. The van der Waals surface area contributed by atoms with Crippen molar-refractivity contribution in [3.63, 3.8) is 0 Å². The average molecular weight is 150 g/mol. The molecule has 2 heteroatoms. The molecule has 0 aliphatic rings. The van der Waals surface area contributed by atoms with Crippen LogP contribution < -0.4 is 11.5 Å². The second-order valence-electron chi connectivity index (χ2n) is 2.76. The van der Waals surface area contributed by atoms with E-state index in [4.69, 9.17) is 11.5 Å². The van der Waals surface area contributed by atoms with E-state index >= 15 is 0 Å². The van der Waals surface area contributed by atoms with Crippen molar-refractivity contribution in [3.05, 3.63) is 35.4 Å². The number of hydrogen-bond acceptors (Lipinski definition) is 2.